The Morgan fingerprint density at radius 1 is 0.478 bits per heavy atom. The largest absolute Gasteiger partial charge is 0.470 e. The molecule has 0 saturated carbocycles. The van der Waals surface area contributed by atoms with Gasteiger partial charge in [-0.3, -0.25) is 0 Å². The topological polar surface area (TPSA) is 55.4 Å². The van der Waals surface area contributed by atoms with E-state index in [4.69, 9.17) is 25.6 Å². The number of hydrogen-bond donors (Lipinski definition) is 0. The molecule has 0 spiro atoms. The van der Waals surface area contributed by atoms with Crippen molar-refractivity contribution >= 4 is 34.5 Å². The lowest BCUT2D eigenvalue weighted by Gasteiger charge is -2.41. The van der Waals surface area contributed by atoms with E-state index in [0.717, 1.165) is 0 Å². The molecule has 0 rings (SSSR count). The highest BCUT2D eigenvalue weighted by Gasteiger charge is 2.51. The van der Waals surface area contributed by atoms with E-state index >= 15 is 0 Å². The SMILES string of the molecule is CCO[Si](C)(C)O[Si](C)(O[Si](C)(C)OCC)O[Si](C)(C)OCC. The summed E-state index contributed by atoms with van der Waals surface area (Å²) in [4.78, 5) is 0. The van der Waals surface area contributed by atoms with Gasteiger partial charge in [0.15, 0.2) is 0 Å². The van der Waals surface area contributed by atoms with Crippen LogP contribution in [-0.4, -0.2) is 54.3 Å². The zero-order valence-electron chi connectivity index (χ0n) is 16.6. The van der Waals surface area contributed by atoms with Crippen molar-refractivity contribution < 1.29 is 25.6 Å². The maximum Gasteiger partial charge on any atom is 0.470 e. The Labute approximate surface area is 146 Å². The molecular formula is C13H36O6Si4. The van der Waals surface area contributed by atoms with Crippen molar-refractivity contribution in [2.24, 2.45) is 0 Å². The van der Waals surface area contributed by atoms with E-state index in [-0.39, 0.29) is 0 Å². The van der Waals surface area contributed by atoms with Crippen LogP contribution in [0.2, 0.25) is 45.8 Å². The van der Waals surface area contributed by atoms with Crippen LogP contribution in [0.15, 0.2) is 0 Å². The van der Waals surface area contributed by atoms with Crippen molar-refractivity contribution in [3.8, 4) is 0 Å². The summed E-state index contributed by atoms with van der Waals surface area (Å²) >= 11 is 0. The number of rotatable bonds is 12. The highest BCUT2D eigenvalue weighted by atomic mass is 28.5. The molecule has 0 bridgehead atoms. The predicted octanol–water partition coefficient (Wildman–Crippen LogP) is 3.82. The molecule has 0 heterocycles. The van der Waals surface area contributed by atoms with Crippen LogP contribution in [-0.2, 0) is 25.6 Å². The summed E-state index contributed by atoms with van der Waals surface area (Å²) in [7, 11) is -9.97. The van der Waals surface area contributed by atoms with Crippen LogP contribution in [0.1, 0.15) is 20.8 Å². The summed E-state index contributed by atoms with van der Waals surface area (Å²) in [5.41, 5.74) is 0. The van der Waals surface area contributed by atoms with Gasteiger partial charge in [0.05, 0.1) is 0 Å². The van der Waals surface area contributed by atoms with Gasteiger partial charge in [-0.1, -0.05) is 0 Å². The lowest BCUT2D eigenvalue weighted by Crippen LogP contribution is -2.62. The molecule has 0 unspecified atom stereocenters. The minimum atomic E-state index is -2.96. The maximum absolute atomic E-state index is 6.35. The van der Waals surface area contributed by atoms with E-state index in [9.17, 15) is 0 Å². The normalized spacial score (nSPS) is 14.3. The molecule has 10 heteroatoms. The van der Waals surface area contributed by atoms with E-state index < -0.39 is 34.5 Å². The molecule has 6 nitrogen and oxygen atoms in total. The first-order chi connectivity index (χ1) is 10.3. The van der Waals surface area contributed by atoms with Gasteiger partial charge in [-0.05, 0) is 60.1 Å². The van der Waals surface area contributed by atoms with E-state index in [1.54, 1.807) is 0 Å². The van der Waals surface area contributed by atoms with Gasteiger partial charge in [0.25, 0.3) is 0 Å². The van der Waals surface area contributed by atoms with Crippen molar-refractivity contribution in [3.05, 3.63) is 0 Å². The van der Waals surface area contributed by atoms with Gasteiger partial charge in [-0.2, -0.15) is 0 Å². The lowest BCUT2D eigenvalue weighted by atomic mass is 10.9. The van der Waals surface area contributed by atoms with Crippen molar-refractivity contribution in [2.45, 2.75) is 66.6 Å². The number of hydrogen-bond acceptors (Lipinski definition) is 6. The molecule has 0 aliphatic rings. The molecule has 0 atom stereocenters. The van der Waals surface area contributed by atoms with E-state index in [1.165, 1.54) is 0 Å². The first kappa shape index (κ1) is 23.6. The Bertz CT molecular complexity index is 301. The first-order valence-electron chi connectivity index (χ1n) is 8.32. The van der Waals surface area contributed by atoms with Crippen LogP contribution < -0.4 is 0 Å². The molecule has 140 valence electrons. The Balaban J connectivity index is 5.34. The summed E-state index contributed by atoms with van der Waals surface area (Å²) < 4.78 is 36.5. The second-order valence-electron chi connectivity index (χ2n) is 6.67. The smallest absolute Gasteiger partial charge is 0.395 e. The van der Waals surface area contributed by atoms with Crippen LogP contribution in [0, 0.1) is 0 Å². The second-order valence-corrected chi connectivity index (χ2v) is 20.1. The van der Waals surface area contributed by atoms with E-state index in [2.05, 4.69) is 0 Å². The van der Waals surface area contributed by atoms with Gasteiger partial charge in [-0.15, -0.1) is 0 Å². The average molecular weight is 401 g/mol. The minimum Gasteiger partial charge on any atom is -0.395 e. The molecule has 0 N–H and O–H groups in total. The Kier molecular flexibility index (Phi) is 9.62. The Morgan fingerprint density at radius 3 is 0.870 bits per heavy atom. The second kappa shape index (κ2) is 9.36. The fourth-order valence-electron chi connectivity index (χ4n) is 2.53. The standard InChI is InChI=1S/C13H36O6Si4/c1-11-14-20(4,5)17-23(10,18-21(6,7)15-12-2)19-22(8,9)16-13-3/h11-13H2,1-10H3. The first-order valence-corrected chi connectivity index (χ1v) is 19.0. The van der Waals surface area contributed by atoms with Crippen molar-refractivity contribution in [3.63, 3.8) is 0 Å². The fraction of sp³-hybridized carbons (Fsp3) is 1.00. The lowest BCUT2D eigenvalue weighted by molar-refractivity contribution is 0.149. The summed E-state index contributed by atoms with van der Waals surface area (Å²) in [6.45, 7) is 21.8. The van der Waals surface area contributed by atoms with Gasteiger partial charge in [0.2, 0.25) is 0 Å². The van der Waals surface area contributed by atoms with Crippen LogP contribution in [0.25, 0.3) is 0 Å². The average Bonchev–Trinajstić information content (AvgIpc) is 2.23. The molecule has 0 radical (unpaired) electrons. The Hall–Kier alpha value is 0.628. The zero-order chi connectivity index (χ0) is 18.4. The van der Waals surface area contributed by atoms with Crippen LogP contribution in [0.3, 0.4) is 0 Å². The quantitative estimate of drug-likeness (QED) is 0.464. The summed E-state index contributed by atoms with van der Waals surface area (Å²) in [5.74, 6) is 0. The molecule has 0 saturated heterocycles. The molecule has 0 amide bonds. The minimum absolute atomic E-state index is 0.613. The third-order valence-electron chi connectivity index (χ3n) is 2.77. The van der Waals surface area contributed by atoms with Gasteiger partial charge < -0.3 is 25.6 Å². The summed E-state index contributed by atoms with van der Waals surface area (Å²) in [6.07, 6.45) is 0. The summed E-state index contributed by atoms with van der Waals surface area (Å²) in [6, 6.07) is 0. The molecule has 0 aromatic carbocycles. The van der Waals surface area contributed by atoms with Gasteiger partial charge in [0.1, 0.15) is 0 Å². The molecule has 0 aromatic heterocycles. The fourth-order valence-corrected chi connectivity index (χ4v) is 17.7. The molecule has 0 aromatic rings. The zero-order valence-corrected chi connectivity index (χ0v) is 20.6. The predicted molar refractivity (Wildman–Crippen MR) is 102 cm³/mol. The van der Waals surface area contributed by atoms with Crippen LogP contribution in [0.4, 0.5) is 0 Å². The highest BCUT2D eigenvalue weighted by Crippen LogP contribution is 2.26. The van der Waals surface area contributed by atoms with Gasteiger partial charge in [0, 0.05) is 26.4 Å². The maximum atomic E-state index is 6.35. The van der Waals surface area contributed by atoms with Gasteiger partial charge >= 0.3 is 34.5 Å². The van der Waals surface area contributed by atoms with E-state index in [0.29, 0.717) is 19.8 Å². The molecule has 23 heavy (non-hydrogen) atoms. The Morgan fingerprint density at radius 2 is 0.696 bits per heavy atom. The third kappa shape index (κ3) is 10.3. The van der Waals surface area contributed by atoms with Crippen LogP contribution >= 0.6 is 0 Å². The van der Waals surface area contributed by atoms with Gasteiger partial charge in [-0.25, -0.2) is 0 Å². The molecule has 0 aliphatic heterocycles. The summed E-state index contributed by atoms with van der Waals surface area (Å²) in [5, 5.41) is 0. The van der Waals surface area contributed by atoms with Crippen molar-refractivity contribution in [2.75, 3.05) is 19.8 Å². The van der Waals surface area contributed by atoms with Crippen molar-refractivity contribution in [1.82, 2.24) is 0 Å². The molecular weight excluding hydrogens is 364 g/mol. The third-order valence-corrected chi connectivity index (χ3v) is 16.1. The monoisotopic (exact) mass is 400 g/mol. The molecule has 0 aliphatic carbocycles. The highest BCUT2D eigenvalue weighted by molar-refractivity contribution is 6.86. The van der Waals surface area contributed by atoms with Crippen molar-refractivity contribution in [1.29, 1.82) is 0 Å². The van der Waals surface area contributed by atoms with E-state index in [1.807, 2.05) is 66.6 Å². The van der Waals surface area contributed by atoms with Crippen LogP contribution in [0.5, 0.6) is 0 Å². The molecule has 0 fully saturated rings.